The van der Waals surface area contributed by atoms with Crippen molar-refractivity contribution in [3.63, 3.8) is 0 Å². The maximum absolute atomic E-state index is 12.0. The van der Waals surface area contributed by atoms with E-state index in [0.717, 1.165) is 27.6 Å². The Bertz CT molecular complexity index is 880. The van der Waals surface area contributed by atoms with E-state index in [-0.39, 0.29) is 6.03 Å². The number of nitrogens with one attached hydrogen (secondary N) is 2. The van der Waals surface area contributed by atoms with Crippen LogP contribution in [0.15, 0.2) is 54.6 Å². The van der Waals surface area contributed by atoms with E-state index in [4.69, 9.17) is 11.6 Å². The third-order valence-electron chi connectivity index (χ3n) is 3.95. The molecule has 0 saturated heterocycles. The second-order valence-electron chi connectivity index (χ2n) is 5.85. The molecule has 6 heteroatoms. The molecule has 0 aliphatic rings. The van der Waals surface area contributed by atoms with Crippen molar-refractivity contribution in [2.45, 2.75) is 19.9 Å². The van der Waals surface area contributed by atoms with Crippen LogP contribution < -0.4 is 10.6 Å². The Kier molecular flexibility index (Phi) is 6.26. The number of urea groups is 1. The predicted molar refractivity (Wildman–Crippen MR) is 108 cm³/mol. The van der Waals surface area contributed by atoms with Crippen LogP contribution >= 0.6 is 22.9 Å². The maximum atomic E-state index is 12.0. The van der Waals surface area contributed by atoms with Crippen LogP contribution in [0.2, 0.25) is 5.02 Å². The number of rotatable bonds is 6. The van der Waals surface area contributed by atoms with Gasteiger partial charge in [-0.2, -0.15) is 0 Å². The lowest BCUT2D eigenvalue weighted by atomic mass is 10.1. The number of aromatic nitrogens is 1. The zero-order valence-corrected chi connectivity index (χ0v) is 16.0. The summed E-state index contributed by atoms with van der Waals surface area (Å²) in [6.45, 7) is 2.99. The van der Waals surface area contributed by atoms with Gasteiger partial charge < -0.3 is 10.6 Å². The molecule has 0 unspecified atom stereocenters. The van der Waals surface area contributed by atoms with Gasteiger partial charge in [0, 0.05) is 17.0 Å². The molecule has 2 amide bonds. The Morgan fingerprint density at radius 3 is 2.58 bits per heavy atom. The molecule has 3 rings (SSSR count). The summed E-state index contributed by atoms with van der Waals surface area (Å²) in [5.41, 5.74) is 3.03. The molecular weight excluding hydrogens is 366 g/mol. The Hall–Kier alpha value is -2.37. The number of halogens is 1. The third kappa shape index (κ3) is 4.84. The summed E-state index contributed by atoms with van der Waals surface area (Å²) in [7, 11) is 0. The van der Waals surface area contributed by atoms with Crippen molar-refractivity contribution in [2.24, 2.45) is 0 Å². The van der Waals surface area contributed by atoms with Crippen molar-refractivity contribution in [3.05, 3.63) is 75.8 Å². The maximum Gasteiger partial charge on any atom is 0.315 e. The molecule has 0 fully saturated rings. The Morgan fingerprint density at radius 1 is 1.08 bits per heavy atom. The monoisotopic (exact) mass is 385 g/mol. The van der Waals surface area contributed by atoms with Gasteiger partial charge in [0.1, 0.15) is 5.01 Å². The topological polar surface area (TPSA) is 54.0 Å². The highest BCUT2D eigenvalue weighted by molar-refractivity contribution is 7.15. The lowest BCUT2D eigenvalue weighted by Gasteiger charge is -2.07. The average Bonchev–Trinajstić information content (AvgIpc) is 3.02. The fraction of sp³-hybridized carbons (Fsp3) is 0.200. The van der Waals surface area contributed by atoms with E-state index in [9.17, 15) is 4.79 Å². The number of carbonyl (C=O) groups is 1. The van der Waals surface area contributed by atoms with Crippen molar-refractivity contribution >= 4 is 29.0 Å². The molecule has 1 aromatic heterocycles. The van der Waals surface area contributed by atoms with Crippen molar-refractivity contribution in [1.29, 1.82) is 0 Å². The Labute approximate surface area is 162 Å². The molecular formula is C20H20ClN3OS. The molecule has 0 bridgehead atoms. The Morgan fingerprint density at radius 2 is 1.81 bits per heavy atom. The van der Waals surface area contributed by atoms with Gasteiger partial charge in [0.2, 0.25) is 0 Å². The number of hydrogen-bond donors (Lipinski definition) is 2. The van der Waals surface area contributed by atoms with E-state index in [1.807, 2.05) is 49.4 Å². The minimum Gasteiger partial charge on any atom is -0.338 e. The number of benzene rings is 2. The van der Waals surface area contributed by atoms with E-state index in [2.05, 4.69) is 27.8 Å². The van der Waals surface area contributed by atoms with Crippen molar-refractivity contribution in [1.82, 2.24) is 15.6 Å². The molecule has 2 aromatic carbocycles. The first-order valence-electron chi connectivity index (χ1n) is 8.40. The average molecular weight is 386 g/mol. The summed E-state index contributed by atoms with van der Waals surface area (Å²) < 4.78 is 0. The molecule has 1 heterocycles. The van der Waals surface area contributed by atoms with E-state index in [0.29, 0.717) is 18.1 Å². The summed E-state index contributed by atoms with van der Waals surface area (Å²) in [5, 5.41) is 7.32. The van der Waals surface area contributed by atoms with Crippen molar-refractivity contribution in [3.8, 4) is 10.6 Å². The van der Waals surface area contributed by atoms with Crippen LogP contribution in [0.5, 0.6) is 0 Å². The number of amides is 2. The zero-order chi connectivity index (χ0) is 18.4. The van der Waals surface area contributed by atoms with E-state index < -0.39 is 0 Å². The fourth-order valence-electron chi connectivity index (χ4n) is 2.53. The highest BCUT2D eigenvalue weighted by atomic mass is 35.5. The molecule has 134 valence electrons. The van der Waals surface area contributed by atoms with Gasteiger partial charge in [0.25, 0.3) is 0 Å². The van der Waals surface area contributed by atoms with Crippen LogP contribution in [0.3, 0.4) is 0 Å². The predicted octanol–water partition coefficient (Wildman–Crippen LogP) is 4.81. The van der Waals surface area contributed by atoms with Crippen molar-refractivity contribution in [2.75, 3.05) is 6.54 Å². The van der Waals surface area contributed by atoms with Gasteiger partial charge >= 0.3 is 6.03 Å². The Balaban J connectivity index is 1.51. The van der Waals surface area contributed by atoms with Crippen LogP contribution in [0.1, 0.15) is 16.1 Å². The zero-order valence-electron chi connectivity index (χ0n) is 14.5. The van der Waals surface area contributed by atoms with E-state index in [1.165, 1.54) is 5.56 Å². The fourth-order valence-corrected chi connectivity index (χ4v) is 3.85. The molecule has 0 spiro atoms. The lowest BCUT2D eigenvalue weighted by molar-refractivity contribution is 0.240. The molecule has 0 radical (unpaired) electrons. The largest absolute Gasteiger partial charge is 0.338 e. The van der Waals surface area contributed by atoms with Gasteiger partial charge in [-0.05, 0) is 25.0 Å². The summed E-state index contributed by atoms with van der Waals surface area (Å²) in [4.78, 5) is 17.6. The standard InChI is InChI=1S/C20H20ClN3OS/c1-14-18(26-19(24-14)16-9-5-6-10-17(16)21)13-23-20(25)22-12-11-15-7-3-2-4-8-15/h2-10H,11-13H2,1H3,(H2,22,23,25). The number of hydrogen-bond acceptors (Lipinski definition) is 3. The van der Waals surface area contributed by atoms with Gasteiger partial charge in [0.15, 0.2) is 0 Å². The minimum atomic E-state index is -0.173. The number of carbonyl (C=O) groups excluding carboxylic acids is 1. The van der Waals surface area contributed by atoms with Crippen LogP contribution in [-0.4, -0.2) is 17.6 Å². The lowest BCUT2D eigenvalue weighted by Crippen LogP contribution is -2.36. The minimum absolute atomic E-state index is 0.173. The summed E-state index contributed by atoms with van der Waals surface area (Å²) in [6, 6.07) is 17.6. The number of nitrogens with zero attached hydrogens (tertiary/aromatic N) is 1. The second-order valence-corrected chi connectivity index (χ2v) is 7.34. The first kappa shape index (κ1) is 18.4. The highest BCUT2D eigenvalue weighted by Crippen LogP contribution is 2.32. The molecule has 0 saturated carbocycles. The van der Waals surface area contributed by atoms with Gasteiger partial charge in [-0.25, -0.2) is 9.78 Å². The van der Waals surface area contributed by atoms with Crippen LogP contribution in [0.25, 0.3) is 10.6 Å². The van der Waals surface area contributed by atoms with E-state index in [1.54, 1.807) is 11.3 Å². The number of aryl methyl sites for hydroxylation is 1. The van der Waals surface area contributed by atoms with E-state index >= 15 is 0 Å². The van der Waals surface area contributed by atoms with Gasteiger partial charge in [-0.1, -0.05) is 60.1 Å². The van der Waals surface area contributed by atoms with Crippen LogP contribution in [0.4, 0.5) is 4.79 Å². The molecule has 2 N–H and O–H groups in total. The molecule has 0 aliphatic carbocycles. The molecule has 3 aromatic rings. The second kappa shape index (κ2) is 8.83. The normalized spacial score (nSPS) is 10.5. The SMILES string of the molecule is Cc1nc(-c2ccccc2Cl)sc1CNC(=O)NCCc1ccccc1. The molecule has 4 nitrogen and oxygen atoms in total. The molecule has 0 atom stereocenters. The van der Waals surface area contributed by atoms with Crippen molar-refractivity contribution < 1.29 is 4.79 Å². The smallest absolute Gasteiger partial charge is 0.315 e. The van der Waals surface area contributed by atoms with Crippen LogP contribution in [-0.2, 0) is 13.0 Å². The first-order chi connectivity index (χ1) is 12.6. The quantitative estimate of drug-likeness (QED) is 0.639. The third-order valence-corrected chi connectivity index (χ3v) is 5.47. The summed E-state index contributed by atoms with van der Waals surface area (Å²) >= 11 is 7.79. The van der Waals surface area contributed by atoms with Gasteiger partial charge in [0.05, 0.1) is 17.3 Å². The number of thiazole rings is 1. The highest BCUT2D eigenvalue weighted by Gasteiger charge is 2.12. The summed E-state index contributed by atoms with van der Waals surface area (Å²) in [6.07, 6.45) is 0.810. The summed E-state index contributed by atoms with van der Waals surface area (Å²) in [5.74, 6) is 0. The van der Waals surface area contributed by atoms with Gasteiger partial charge in [-0.15, -0.1) is 11.3 Å². The molecule has 26 heavy (non-hydrogen) atoms. The van der Waals surface area contributed by atoms with Gasteiger partial charge in [-0.3, -0.25) is 0 Å². The molecule has 0 aliphatic heterocycles. The van der Waals surface area contributed by atoms with Crippen LogP contribution in [0, 0.1) is 6.92 Å². The first-order valence-corrected chi connectivity index (χ1v) is 9.60.